The molecule has 0 bridgehead atoms. The number of nitrogens with zero attached hydrogens (tertiary/aromatic N) is 5. The molecule has 4 rings (SSSR count). The highest BCUT2D eigenvalue weighted by Gasteiger charge is 2.49. The molecule has 0 atom stereocenters. The van der Waals surface area contributed by atoms with Crippen molar-refractivity contribution in [2.24, 2.45) is 0 Å². The van der Waals surface area contributed by atoms with E-state index in [9.17, 15) is 9.59 Å². The molecular formula is C18H19N5O2. The zero-order chi connectivity index (χ0) is 17.4. The van der Waals surface area contributed by atoms with Gasteiger partial charge in [-0.2, -0.15) is 5.10 Å². The van der Waals surface area contributed by atoms with E-state index in [0.29, 0.717) is 31.0 Å². The molecule has 0 N–H and O–H groups in total. The molecule has 1 aliphatic heterocycles. The summed E-state index contributed by atoms with van der Waals surface area (Å²) < 4.78 is 0. The van der Waals surface area contributed by atoms with Crippen molar-refractivity contribution in [1.29, 1.82) is 0 Å². The lowest BCUT2D eigenvalue weighted by Gasteiger charge is -2.37. The van der Waals surface area contributed by atoms with Gasteiger partial charge in [-0.05, 0) is 44.0 Å². The summed E-state index contributed by atoms with van der Waals surface area (Å²) in [6.07, 6.45) is 3.66. The third kappa shape index (κ3) is 2.97. The van der Waals surface area contributed by atoms with Gasteiger partial charge in [-0.25, -0.2) is 0 Å². The topological polar surface area (TPSA) is 79.3 Å². The molecule has 1 saturated carbocycles. The molecule has 1 aliphatic carbocycles. The van der Waals surface area contributed by atoms with Gasteiger partial charge < -0.3 is 9.80 Å². The van der Waals surface area contributed by atoms with Crippen LogP contribution in [0.5, 0.6) is 0 Å². The SMILES string of the molecule is CC1(N2CCN(Cc3ccc(-c4ccccn4)nn3)C(=O)C2=O)CC1. The number of rotatable bonds is 4. The van der Waals surface area contributed by atoms with Crippen molar-refractivity contribution >= 4 is 11.8 Å². The minimum Gasteiger partial charge on any atom is -0.327 e. The summed E-state index contributed by atoms with van der Waals surface area (Å²) in [5.41, 5.74) is 1.98. The number of carbonyl (C=O) groups excluding carboxylic acids is 2. The second-order valence-corrected chi connectivity index (χ2v) is 6.81. The van der Waals surface area contributed by atoms with Crippen LogP contribution in [0.15, 0.2) is 36.5 Å². The third-order valence-electron chi connectivity index (χ3n) is 4.93. The average molecular weight is 337 g/mol. The molecule has 7 heteroatoms. The Labute approximate surface area is 145 Å². The average Bonchev–Trinajstić information content (AvgIpc) is 3.39. The van der Waals surface area contributed by atoms with Crippen LogP contribution >= 0.6 is 0 Å². The van der Waals surface area contributed by atoms with E-state index in [0.717, 1.165) is 18.5 Å². The molecule has 0 unspecified atom stereocenters. The summed E-state index contributed by atoms with van der Waals surface area (Å²) >= 11 is 0. The summed E-state index contributed by atoms with van der Waals surface area (Å²) in [6.45, 7) is 3.45. The van der Waals surface area contributed by atoms with E-state index in [-0.39, 0.29) is 5.54 Å². The highest BCUT2D eigenvalue weighted by molar-refractivity contribution is 6.35. The first kappa shape index (κ1) is 15.7. The summed E-state index contributed by atoms with van der Waals surface area (Å²) in [5.74, 6) is -0.848. The highest BCUT2D eigenvalue weighted by atomic mass is 16.2. The van der Waals surface area contributed by atoms with Crippen LogP contribution in [-0.2, 0) is 16.1 Å². The molecule has 0 radical (unpaired) electrons. The first-order valence-electron chi connectivity index (χ1n) is 8.42. The third-order valence-corrected chi connectivity index (χ3v) is 4.93. The van der Waals surface area contributed by atoms with Crippen molar-refractivity contribution in [3.8, 4) is 11.4 Å². The fourth-order valence-corrected chi connectivity index (χ4v) is 3.08. The van der Waals surface area contributed by atoms with Crippen molar-refractivity contribution in [2.75, 3.05) is 13.1 Å². The van der Waals surface area contributed by atoms with Crippen LogP contribution in [0.3, 0.4) is 0 Å². The number of hydrogen-bond acceptors (Lipinski definition) is 5. The molecule has 2 fully saturated rings. The Kier molecular flexibility index (Phi) is 3.71. The second kappa shape index (κ2) is 5.91. The Morgan fingerprint density at radius 2 is 1.84 bits per heavy atom. The molecule has 2 amide bonds. The Bertz CT molecular complexity index is 802. The van der Waals surface area contributed by atoms with Crippen LogP contribution in [0, 0.1) is 0 Å². The van der Waals surface area contributed by atoms with Gasteiger partial charge in [-0.3, -0.25) is 14.6 Å². The molecule has 0 aromatic carbocycles. The van der Waals surface area contributed by atoms with E-state index in [1.165, 1.54) is 0 Å². The molecule has 128 valence electrons. The Hall–Kier alpha value is -2.83. The maximum absolute atomic E-state index is 12.4. The van der Waals surface area contributed by atoms with E-state index in [1.807, 2.05) is 37.3 Å². The summed E-state index contributed by atoms with van der Waals surface area (Å²) in [4.78, 5) is 32.2. The van der Waals surface area contributed by atoms with Gasteiger partial charge in [0, 0.05) is 24.8 Å². The Morgan fingerprint density at radius 1 is 1.00 bits per heavy atom. The van der Waals surface area contributed by atoms with Gasteiger partial charge in [0.1, 0.15) is 5.69 Å². The predicted octanol–water partition coefficient (Wildman–Crippen LogP) is 1.26. The summed E-state index contributed by atoms with van der Waals surface area (Å²) in [5, 5.41) is 8.36. The van der Waals surface area contributed by atoms with Gasteiger partial charge >= 0.3 is 11.8 Å². The minimum atomic E-state index is -0.449. The monoisotopic (exact) mass is 337 g/mol. The fraction of sp³-hybridized carbons (Fsp3) is 0.389. The first-order valence-corrected chi connectivity index (χ1v) is 8.42. The van der Waals surface area contributed by atoms with Gasteiger partial charge in [0.25, 0.3) is 0 Å². The van der Waals surface area contributed by atoms with E-state index in [4.69, 9.17) is 0 Å². The maximum Gasteiger partial charge on any atom is 0.312 e. The van der Waals surface area contributed by atoms with E-state index >= 15 is 0 Å². The largest absolute Gasteiger partial charge is 0.327 e. The smallest absolute Gasteiger partial charge is 0.312 e. The van der Waals surface area contributed by atoms with Crippen LogP contribution < -0.4 is 0 Å². The van der Waals surface area contributed by atoms with Gasteiger partial charge in [-0.1, -0.05) is 6.07 Å². The summed E-state index contributed by atoms with van der Waals surface area (Å²) in [6, 6.07) is 9.25. The van der Waals surface area contributed by atoms with Gasteiger partial charge in [0.05, 0.1) is 17.9 Å². The van der Waals surface area contributed by atoms with E-state index < -0.39 is 11.8 Å². The lowest BCUT2D eigenvalue weighted by Crippen LogP contribution is -2.57. The highest BCUT2D eigenvalue weighted by Crippen LogP contribution is 2.41. The Balaban J connectivity index is 1.44. The second-order valence-electron chi connectivity index (χ2n) is 6.81. The van der Waals surface area contributed by atoms with E-state index in [1.54, 1.807) is 16.0 Å². The lowest BCUT2D eigenvalue weighted by molar-refractivity contribution is -0.158. The van der Waals surface area contributed by atoms with Crippen molar-refractivity contribution < 1.29 is 9.59 Å². The van der Waals surface area contributed by atoms with Crippen LogP contribution in [0.2, 0.25) is 0 Å². The van der Waals surface area contributed by atoms with Crippen molar-refractivity contribution in [3.63, 3.8) is 0 Å². The number of pyridine rings is 1. The zero-order valence-electron chi connectivity index (χ0n) is 14.1. The fourth-order valence-electron chi connectivity index (χ4n) is 3.08. The maximum atomic E-state index is 12.4. The van der Waals surface area contributed by atoms with Crippen LogP contribution in [0.25, 0.3) is 11.4 Å². The molecule has 7 nitrogen and oxygen atoms in total. The van der Waals surface area contributed by atoms with Crippen molar-refractivity contribution in [3.05, 3.63) is 42.2 Å². The van der Waals surface area contributed by atoms with Gasteiger partial charge in [-0.15, -0.1) is 5.10 Å². The molecular weight excluding hydrogens is 318 g/mol. The van der Waals surface area contributed by atoms with Crippen molar-refractivity contribution in [2.45, 2.75) is 31.8 Å². The van der Waals surface area contributed by atoms with Crippen molar-refractivity contribution in [1.82, 2.24) is 25.0 Å². The number of aromatic nitrogens is 3. The molecule has 25 heavy (non-hydrogen) atoms. The molecule has 1 saturated heterocycles. The molecule has 0 spiro atoms. The van der Waals surface area contributed by atoms with Crippen LogP contribution in [0.4, 0.5) is 0 Å². The summed E-state index contributed by atoms with van der Waals surface area (Å²) in [7, 11) is 0. The minimum absolute atomic E-state index is 0.108. The number of carbonyl (C=O) groups is 2. The van der Waals surface area contributed by atoms with E-state index in [2.05, 4.69) is 15.2 Å². The van der Waals surface area contributed by atoms with Gasteiger partial charge in [0.2, 0.25) is 0 Å². The molecule has 2 aliphatic rings. The first-order chi connectivity index (χ1) is 12.1. The van der Waals surface area contributed by atoms with Gasteiger partial charge in [0.15, 0.2) is 0 Å². The number of piperazine rings is 1. The Morgan fingerprint density at radius 3 is 2.48 bits per heavy atom. The van der Waals surface area contributed by atoms with Crippen LogP contribution in [-0.4, -0.2) is 55.4 Å². The standard InChI is InChI=1S/C18H19N5O2/c1-18(7-8-18)23-11-10-22(16(24)17(23)25)12-13-5-6-15(21-20-13)14-4-2-3-9-19-14/h2-6,9H,7-8,10-12H2,1H3. The zero-order valence-corrected chi connectivity index (χ0v) is 14.1. The molecule has 2 aromatic rings. The normalized spacial score (nSPS) is 19.2. The predicted molar refractivity (Wildman–Crippen MR) is 90.0 cm³/mol. The number of hydrogen-bond donors (Lipinski definition) is 0. The quantitative estimate of drug-likeness (QED) is 0.785. The van der Waals surface area contributed by atoms with Crippen LogP contribution in [0.1, 0.15) is 25.5 Å². The molecule has 2 aromatic heterocycles. The number of amides is 2. The molecule has 3 heterocycles. The lowest BCUT2D eigenvalue weighted by atomic mass is 10.2.